The van der Waals surface area contributed by atoms with Crippen LogP contribution < -0.4 is 4.74 Å². The summed E-state index contributed by atoms with van der Waals surface area (Å²) in [6.07, 6.45) is 1.28. The van der Waals surface area contributed by atoms with Gasteiger partial charge in [0.2, 0.25) is 0 Å². The van der Waals surface area contributed by atoms with Crippen molar-refractivity contribution in [3.05, 3.63) is 28.8 Å². The van der Waals surface area contributed by atoms with Gasteiger partial charge in [0.05, 0.1) is 12.2 Å². The van der Waals surface area contributed by atoms with Gasteiger partial charge in [0, 0.05) is 12.3 Å². The molecule has 3 heteroatoms. The predicted octanol–water partition coefficient (Wildman–Crippen LogP) is 3.90. The molecule has 0 amide bonds. The molecular formula is C14H19ClO2. The van der Waals surface area contributed by atoms with Crippen LogP contribution in [0, 0.1) is 13.8 Å². The fraction of sp³-hybridized carbons (Fsp3) is 0.500. The largest absolute Gasteiger partial charge is 0.493 e. The van der Waals surface area contributed by atoms with Crippen molar-refractivity contribution < 1.29 is 9.53 Å². The highest BCUT2D eigenvalue weighted by atomic mass is 35.5. The van der Waals surface area contributed by atoms with Gasteiger partial charge in [-0.2, -0.15) is 0 Å². The van der Waals surface area contributed by atoms with E-state index in [-0.39, 0.29) is 5.78 Å². The van der Waals surface area contributed by atoms with Crippen LogP contribution >= 0.6 is 11.6 Å². The van der Waals surface area contributed by atoms with Gasteiger partial charge in [-0.3, -0.25) is 4.79 Å². The Balaban J connectivity index is 3.10. The highest BCUT2D eigenvalue weighted by molar-refractivity contribution is 6.19. The van der Waals surface area contributed by atoms with E-state index in [1.807, 2.05) is 32.9 Å². The first-order chi connectivity index (χ1) is 8.10. The summed E-state index contributed by atoms with van der Waals surface area (Å²) in [5.41, 5.74) is 2.75. The monoisotopic (exact) mass is 254 g/mol. The van der Waals surface area contributed by atoms with Crippen molar-refractivity contribution in [2.45, 2.75) is 33.6 Å². The number of carbonyl (C=O) groups is 1. The molecular weight excluding hydrogens is 236 g/mol. The average Bonchev–Trinajstić information content (AvgIpc) is 2.27. The molecule has 0 spiro atoms. The zero-order valence-electron chi connectivity index (χ0n) is 10.7. The lowest BCUT2D eigenvalue weighted by atomic mass is 10.0. The lowest BCUT2D eigenvalue weighted by Crippen LogP contribution is -2.07. The van der Waals surface area contributed by atoms with Crippen molar-refractivity contribution in [1.82, 2.24) is 0 Å². The molecule has 2 nitrogen and oxygen atoms in total. The molecule has 1 aromatic rings. The lowest BCUT2D eigenvalue weighted by Gasteiger charge is -2.14. The summed E-state index contributed by atoms with van der Waals surface area (Å²) in [7, 11) is 0. The second-order valence-corrected chi connectivity index (χ2v) is 4.55. The van der Waals surface area contributed by atoms with Crippen molar-refractivity contribution >= 4 is 17.4 Å². The van der Waals surface area contributed by atoms with Gasteiger partial charge in [0.15, 0.2) is 5.78 Å². The van der Waals surface area contributed by atoms with Crippen LogP contribution in [-0.4, -0.2) is 18.3 Å². The normalized spacial score (nSPS) is 10.4. The van der Waals surface area contributed by atoms with E-state index in [2.05, 4.69) is 0 Å². The topological polar surface area (TPSA) is 26.3 Å². The van der Waals surface area contributed by atoms with Crippen molar-refractivity contribution in [3.63, 3.8) is 0 Å². The molecule has 0 unspecified atom stereocenters. The third kappa shape index (κ3) is 3.74. The van der Waals surface area contributed by atoms with Gasteiger partial charge in [-0.05, 0) is 37.5 Å². The summed E-state index contributed by atoms with van der Waals surface area (Å²) in [5.74, 6) is 1.12. The van der Waals surface area contributed by atoms with E-state index < -0.39 is 0 Å². The van der Waals surface area contributed by atoms with E-state index in [4.69, 9.17) is 16.3 Å². The first kappa shape index (κ1) is 14.0. The number of hydrogen-bond donors (Lipinski definition) is 0. The van der Waals surface area contributed by atoms with Gasteiger partial charge in [-0.15, -0.1) is 11.6 Å². The maximum atomic E-state index is 12.0. The Morgan fingerprint density at radius 1 is 1.35 bits per heavy atom. The minimum absolute atomic E-state index is 0.0536. The molecule has 94 valence electrons. The Morgan fingerprint density at radius 3 is 2.65 bits per heavy atom. The lowest BCUT2D eigenvalue weighted by molar-refractivity contribution is 0.0985. The number of alkyl halides is 1. The smallest absolute Gasteiger partial charge is 0.167 e. The number of halogens is 1. The molecule has 0 aliphatic carbocycles. The second-order valence-electron chi connectivity index (χ2n) is 4.17. The van der Waals surface area contributed by atoms with Gasteiger partial charge >= 0.3 is 0 Å². The first-order valence-electron chi connectivity index (χ1n) is 5.93. The summed E-state index contributed by atoms with van der Waals surface area (Å²) >= 11 is 5.62. The Labute approximate surface area is 108 Å². The molecule has 0 aliphatic rings. The number of rotatable bonds is 6. The quantitative estimate of drug-likeness (QED) is 0.568. The molecule has 0 radical (unpaired) electrons. The maximum Gasteiger partial charge on any atom is 0.167 e. The Hall–Kier alpha value is -1.02. The molecule has 0 aliphatic heterocycles. The molecule has 0 aromatic heterocycles. The first-order valence-corrected chi connectivity index (χ1v) is 6.46. The van der Waals surface area contributed by atoms with E-state index in [0.29, 0.717) is 30.2 Å². The van der Waals surface area contributed by atoms with E-state index in [0.717, 1.165) is 17.5 Å². The van der Waals surface area contributed by atoms with Crippen LogP contribution in [0.2, 0.25) is 0 Å². The van der Waals surface area contributed by atoms with Crippen molar-refractivity contribution in [1.29, 1.82) is 0 Å². The molecule has 0 saturated carbocycles. The van der Waals surface area contributed by atoms with Gasteiger partial charge in [-0.1, -0.05) is 13.0 Å². The number of ether oxygens (including phenoxy) is 1. The fourth-order valence-electron chi connectivity index (χ4n) is 1.78. The molecule has 0 bridgehead atoms. The van der Waals surface area contributed by atoms with Gasteiger partial charge < -0.3 is 4.74 Å². The Kier molecular flexibility index (Phi) is 5.49. The minimum atomic E-state index is 0.0536. The van der Waals surface area contributed by atoms with Crippen molar-refractivity contribution in [2.24, 2.45) is 0 Å². The molecule has 0 fully saturated rings. The van der Waals surface area contributed by atoms with Crippen LogP contribution in [0.5, 0.6) is 5.75 Å². The second kappa shape index (κ2) is 6.65. The minimum Gasteiger partial charge on any atom is -0.493 e. The van der Waals surface area contributed by atoms with Crippen molar-refractivity contribution in [2.75, 3.05) is 12.5 Å². The number of aryl methyl sites for hydroxylation is 2. The van der Waals surface area contributed by atoms with Crippen LogP contribution in [0.4, 0.5) is 0 Å². The molecule has 1 rings (SSSR count). The predicted molar refractivity (Wildman–Crippen MR) is 71.4 cm³/mol. The van der Waals surface area contributed by atoms with E-state index in [1.54, 1.807) is 0 Å². The van der Waals surface area contributed by atoms with Crippen LogP contribution in [0.25, 0.3) is 0 Å². The van der Waals surface area contributed by atoms with Gasteiger partial charge in [0.25, 0.3) is 0 Å². The maximum absolute atomic E-state index is 12.0. The number of carbonyl (C=O) groups excluding carboxylic acids is 1. The van der Waals surface area contributed by atoms with Crippen molar-refractivity contribution in [3.8, 4) is 5.75 Å². The highest BCUT2D eigenvalue weighted by Gasteiger charge is 2.15. The van der Waals surface area contributed by atoms with Gasteiger partial charge in [-0.25, -0.2) is 0 Å². The van der Waals surface area contributed by atoms with Crippen LogP contribution in [0.3, 0.4) is 0 Å². The molecule has 0 N–H and O–H groups in total. The summed E-state index contributed by atoms with van der Waals surface area (Å²) in [6.45, 7) is 6.62. The number of ketones is 1. The summed E-state index contributed by atoms with van der Waals surface area (Å²) in [5, 5.41) is 0. The Morgan fingerprint density at radius 2 is 2.06 bits per heavy atom. The molecule has 0 saturated heterocycles. The van der Waals surface area contributed by atoms with E-state index in [9.17, 15) is 4.79 Å². The van der Waals surface area contributed by atoms with Crippen LogP contribution in [-0.2, 0) is 0 Å². The zero-order chi connectivity index (χ0) is 12.8. The van der Waals surface area contributed by atoms with E-state index >= 15 is 0 Å². The SMILES string of the molecule is CCCOc1c(C)cc(C)cc1C(=O)CCCl. The van der Waals surface area contributed by atoms with Crippen LogP contribution in [0.15, 0.2) is 12.1 Å². The third-order valence-corrected chi connectivity index (χ3v) is 2.68. The highest BCUT2D eigenvalue weighted by Crippen LogP contribution is 2.27. The number of hydrogen-bond acceptors (Lipinski definition) is 2. The summed E-state index contributed by atoms with van der Waals surface area (Å²) in [4.78, 5) is 12.0. The molecule has 0 heterocycles. The van der Waals surface area contributed by atoms with E-state index in [1.165, 1.54) is 0 Å². The summed E-state index contributed by atoms with van der Waals surface area (Å²) in [6, 6.07) is 3.91. The Bertz CT molecular complexity index is 399. The number of Topliss-reactive ketones (excluding diaryl/α,β-unsaturated/α-hetero) is 1. The standard InChI is InChI=1S/C14H19ClO2/c1-4-7-17-14-11(3)8-10(2)9-12(14)13(16)5-6-15/h8-9H,4-7H2,1-3H3. The molecule has 1 aromatic carbocycles. The summed E-state index contributed by atoms with van der Waals surface area (Å²) < 4.78 is 5.68. The average molecular weight is 255 g/mol. The third-order valence-electron chi connectivity index (χ3n) is 2.49. The molecule has 17 heavy (non-hydrogen) atoms. The number of benzene rings is 1. The molecule has 0 atom stereocenters. The zero-order valence-corrected chi connectivity index (χ0v) is 11.4. The van der Waals surface area contributed by atoms with Crippen LogP contribution in [0.1, 0.15) is 41.3 Å². The van der Waals surface area contributed by atoms with Gasteiger partial charge in [0.1, 0.15) is 5.75 Å². The fourth-order valence-corrected chi connectivity index (χ4v) is 1.95.